The Morgan fingerprint density at radius 3 is 2.94 bits per heavy atom. The van der Waals surface area contributed by atoms with Gasteiger partial charge >= 0.3 is 0 Å². The van der Waals surface area contributed by atoms with Crippen LogP contribution in [0.3, 0.4) is 0 Å². The van der Waals surface area contributed by atoms with Gasteiger partial charge in [0.05, 0.1) is 14.8 Å². The second kappa shape index (κ2) is 6.39. The molecular formula is C12H17Cl2NOS. The lowest BCUT2D eigenvalue weighted by molar-refractivity contribution is 0.0998. The van der Waals surface area contributed by atoms with Gasteiger partial charge in [0.2, 0.25) is 0 Å². The van der Waals surface area contributed by atoms with Crippen molar-refractivity contribution in [2.45, 2.75) is 37.8 Å². The topological polar surface area (TPSA) is 21.3 Å². The zero-order valence-electron chi connectivity index (χ0n) is 9.84. The lowest BCUT2D eigenvalue weighted by atomic mass is 10.0. The molecule has 5 heteroatoms. The second-order valence-corrected chi connectivity index (χ2v) is 6.62. The SMILES string of the molecule is CNC(CCC1CCCO1)c1cc(Cl)sc1Cl. The van der Waals surface area contributed by atoms with Gasteiger partial charge in [-0.3, -0.25) is 0 Å². The maximum Gasteiger partial charge on any atom is 0.0991 e. The molecule has 0 aromatic carbocycles. The number of rotatable bonds is 5. The van der Waals surface area contributed by atoms with Gasteiger partial charge in [-0.25, -0.2) is 0 Å². The van der Waals surface area contributed by atoms with Gasteiger partial charge in [0.15, 0.2) is 0 Å². The molecule has 1 N–H and O–H groups in total. The maximum atomic E-state index is 6.18. The Morgan fingerprint density at radius 1 is 1.59 bits per heavy atom. The zero-order chi connectivity index (χ0) is 12.3. The number of thiophene rings is 1. The molecular weight excluding hydrogens is 277 g/mol. The van der Waals surface area contributed by atoms with Gasteiger partial charge in [0, 0.05) is 18.2 Å². The molecule has 2 heterocycles. The van der Waals surface area contributed by atoms with Crippen LogP contribution in [0.2, 0.25) is 8.67 Å². The number of hydrogen-bond acceptors (Lipinski definition) is 3. The number of ether oxygens (including phenoxy) is 1. The average Bonchev–Trinajstić information content (AvgIpc) is 2.90. The van der Waals surface area contributed by atoms with E-state index in [4.69, 9.17) is 27.9 Å². The van der Waals surface area contributed by atoms with Crippen molar-refractivity contribution >= 4 is 34.5 Å². The molecule has 0 saturated carbocycles. The lowest BCUT2D eigenvalue weighted by Crippen LogP contribution is -2.18. The highest BCUT2D eigenvalue weighted by Crippen LogP contribution is 2.36. The van der Waals surface area contributed by atoms with Crippen molar-refractivity contribution in [2.75, 3.05) is 13.7 Å². The molecule has 1 aliphatic rings. The summed E-state index contributed by atoms with van der Waals surface area (Å²) in [6, 6.07) is 2.24. The van der Waals surface area contributed by atoms with Gasteiger partial charge in [-0.05, 0) is 38.8 Å². The molecule has 0 aliphatic carbocycles. The first-order valence-corrected chi connectivity index (χ1v) is 7.51. The summed E-state index contributed by atoms with van der Waals surface area (Å²) in [6.07, 6.45) is 4.93. The summed E-state index contributed by atoms with van der Waals surface area (Å²) in [7, 11) is 1.96. The standard InChI is InChI=1S/C12H17Cl2NOS/c1-15-10(5-4-8-3-2-6-16-8)9-7-11(13)17-12(9)14/h7-8,10,15H,2-6H2,1H3. The molecule has 1 saturated heterocycles. The molecule has 2 unspecified atom stereocenters. The summed E-state index contributed by atoms with van der Waals surface area (Å²) in [5.41, 5.74) is 1.11. The molecule has 1 fully saturated rings. The fourth-order valence-electron chi connectivity index (χ4n) is 2.27. The van der Waals surface area contributed by atoms with Crippen LogP contribution in [0.25, 0.3) is 0 Å². The normalized spacial score (nSPS) is 21.9. The molecule has 1 aliphatic heterocycles. The Labute approximate surface area is 116 Å². The van der Waals surface area contributed by atoms with E-state index in [1.807, 2.05) is 13.1 Å². The molecule has 96 valence electrons. The van der Waals surface area contributed by atoms with Crippen molar-refractivity contribution in [3.8, 4) is 0 Å². The summed E-state index contributed by atoms with van der Waals surface area (Å²) >= 11 is 13.6. The Bertz CT molecular complexity index is 363. The third-order valence-electron chi connectivity index (χ3n) is 3.21. The molecule has 17 heavy (non-hydrogen) atoms. The van der Waals surface area contributed by atoms with E-state index >= 15 is 0 Å². The van der Waals surface area contributed by atoms with Crippen LogP contribution in [0.15, 0.2) is 6.07 Å². The molecule has 1 aromatic heterocycles. The Kier molecular flexibility index (Phi) is 5.12. The highest BCUT2D eigenvalue weighted by molar-refractivity contribution is 7.20. The summed E-state index contributed by atoms with van der Waals surface area (Å²) in [5.74, 6) is 0. The van der Waals surface area contributed by atoms with Crippen LogP contribution in [0.4, 0.5) is 0 Å². The minimum atomic E-state index is 0.274. The monoisotopic (exact) mass is 293 g/mol. The van der Waals surface area contributed by atoms with Gasteiger partial charge in [-0.2, -0.15) is 0 Å². The van der Waals surface area contributed by atoms with Crippen LogP contribution < -0.4 is 5.32 Å². The molecule has 0 radical (unpaired) electrons. The molecule has 2 nitrogen and oxygen atoms in total. The van der Waals surface area contributed by atoms with Crippen LogP contribution in [-0.2, 0) is 4.74 Å². The maximum absolute atomic E-state index is 6.18. The van der Waals surface area contributed by atoms with E-state index in [1.54, 1.807) is 0 Å². The third kappa shape index (κ3) is 3.58. The van der Waals surface area contributed by atoms with Crippen LogP contribution in [-0.4, -0.2) is 19.8 Å². The van der Waals surface area contributed by atoms with Crippen molar-refractivity contribution in [2.24, 2.45) is 0 Å². The molecule has 0 spiro atoms. The first-order valence-electron chi connectivity index (χ1n) is 5.94. The van der Waals surface area contributed by atoms with E-state index in [-0.39, 0.29) is 6.04 Å². The minimum Gasteiger partial charge on any atom is -0.378 e. The summed E-state index contributed by atoms with van der Waals surface area (Å²) < 4.78 is 7.18. The van der Waals surface area contributed by atoms with E-state index in [0.717, 1.165) is 33.7 Å². The van der Waals surface area contributed by atoms with Crippen LogP contribution in [0.1, 0.15) is 37.3 Å². The highest BCUT2D eigenvalue weighted by Gasteiger charge is 2.20. The predicted octanol–water partition coefficient (Wildman–Crippen LogP) is 4.27. The smallest absolute Gasteiger partial charge is 0.0991 e. The quantitative estimate of drug-likeness (QED) is 0.875. The first-order chi connectivity index (χ1) is 8.20. The highest BCUT2D eigenvalue weighted by atomic mass is 35.5. The molecule has 0 amide bonds. The van der Waals surface area contributed by atoms with E-state index in [1.165, 1.54) is 24.2 Å². The van der Waals surface area contributed by atoms with E-state index in [2.05, 4.69) is 5.32 Å². The second-order valence-electron chi connectivity index (χ2n) is 4.33. The van der Waals surface area contributed by atoms with Crippen molar-refractivity contribution in [1.29, 1.82) is 0 Å². The fraction of sp³-hybridized carbons (Fsp3) is 0.667. The largest absolute Gasteiger partial charge is 0.378 e. The molecule has 1 aromatic rings. The Morgan fingerprint density at radius 2 is 2.41 bits per heavy atom. The average molecular weight is 294 g/mol. The predicted molar refractivity (Wildman–Crippen MR) is 74.3 cm³/mol. The lowest BCUT2D eigenvalue weighted by Gasteiger charge is -2.17. The van der Waals surface area contributed by atoms with Crippen LogP contribution in [0.5, 0.6) is 0 Å². The van der Waals surface area contributed by atoms with Gasteiger partial charge in [0.25, 0.3) is 0 Å². The van der Waals surface area contributed by atoms with Gasteiger partial charge in [-0.15, -0.1) is 11.3 Å². The van der Waals surface area contributed by atoms with Crippen molar-refractivity contribution in [1.82, 2.24) is 5.32 Å². The minimum absolute atomic E-state index is 0.274. The van der Waals surface area contributed by atoms with Crippen LogP contribution in [0, 0.1) is 0 Å². The zero-order valence-corrected chi connectivity index (χ0v) is 12.2. The molecule has 2 rings (SSSR count). The van der Waals surface area contributed by atoms with Crippen molar-refractivity contribution in [3.63, 3.8) is 0 Å². The molecule has 0 bridgehead atoms. The van der Waals surface area contributed by atoms with Crippen molar-refractivity contribution < 1.29 is 4.74 Å². The molecule has 2 atom stereocenters. The van der Waals surface area contributed by atoms with Crippen LogP contribution >= 0.6 is 34.5 Å². The number of nitrogens with one attached hydrogen (secondary N) is 1. The summed E-state index contributed by atoms with van der Waals surface area (Å²) in [5, 5.41) is 3.30. The van der Waals surface area contributed by atoms with E-state index in [0.29, 0.717) is 6.10 Å². The van der Waals surface area contributed by atoms with Crippen molar-refractivity contribution in [3.05, 3.63) is 20.3 Å². The van der Waals surface area contributed by atoms with Gasteiger partial charge in [0.1, 0.15) is 0 Å². The summed E-state index contributed by atoms with van der Waals surface area (Å²) in [6.45, 7) is 0.917. The Hall–Kier alpha value is 0.200. The Balaban J connectivity index is 1.93. The van der Waals surface area contributed by atoms with Gasteiger partial charge < -0.3 is 10.1 Å². The number of hydrogen-bond donors (Lipinski definition) is 1. The number of halogens is 2. The first kappa shape index (κ1) is 13.6. The van der Waals surface area contributed by atoms with Gasteiger partial charge in [-0.1, -0.05) is 23.2 Å². The van der Waals surface area contributed by atoms with E-state index < -0.39 is 0 Å². The van der Waals surface area contributed by atoms with E-state index in [9.17, 15) is 0 Å². The summed E-state index contributed by atoms with van der Waals surface area (Å²) in [4.78, 5) is 0. The third-order valence-corrected chi connectivity index (χ3v) is 4.73. The fourth-order valence-corrected chi connectivity index (χ4v) is 3.85.